The van der Waals surface area contributed by atoms with Crippen molar-refractivity contribution < 1.29 is 8.83 Å². The second-order valence-corrected chi connectivity index (χ2v) is 17.4. The van der Waals surface area contributed by atoms with Crippen molar-refractivity contribution in [1.82, 2.24) is 0 Å². The van der Waals surface area contributed by atoms with Crippen LogP contribution in [0.1, 0.15) is 44.5 Å². The van der Waals surface area contributed by atoms with Gasteiger partial charge in [-0.3, -0.25) is 0 Å². The lowest BCUT2D eigenvalue weighted by atomic mass is 10.0. The number of anilines is 6. The van der Waals surface area contributed by atoms with Crippen molar-refractivity contribution in [2.75, 3.05) is 9.80 Å². The standard InChI is InChI=1S/C58H48N2O2/c1-33-13-9-17-51(37(33)5)59(52-18-10-14-34(2)38(52)6)45-23-21-41-27-47-49-31-58-50(32-57(49)61-55(47)29-43(41)25-45)48-28-42-22-24-46(26-44(42)30-56(48)62-58)60(53-19-11-15-35(3)39(53)7)54-20-12-16-36(4)40(54)8/h9-32H,1-8H3. The molecular weight excluding hydrogens is 757 g/mol. The second-order valence-electron chi connectivity index (χ2n) is 17.4. The molecule has 0 fully saturated rings. The van der Waals surface area contributed by atoms with Crippen LogP contribution in [0.15, 0.2) is 154 Å². The highest BCUT2D eigenvalue weighted by atomic mass is 16.3. The molecule has 9 aromatic carbocycles. The van der Waals surface area contributed by atoms with Gasteiger partial charge in [0.05, 0.1) is 0 Å². The van der Waals surface area contributed by atoms with E-state index in [0.717, 1.165) is 76.8 Å². The maximum atomic E-state index is 6.72. The molecule has 0 aliphatic carbocycles. The molecule has 2 aromatic heterocycles. The molecule has 0 aliphatic rings. The average Bonchev–Trinajstić information content (AvgIpc) is 3.79. The molecule has 0 radical (unpaired) electrons. The van der Waals surface area contributed by atoms with Crippen LogP contribution < -0.4 is 9.80 Å². The van der Waals surface area contributed by atoms with Crippen LogP contribution in [-0.4, -0.2) is 0 Å². The smallest absolute Gasteiger partial charge is 0.136 e. The minimum Gasteiger partial charge on any atom is -0.456 e. The lowest BCUT2D eigenvalue weighted by molar-refractivity contribution is 0.664. The van der Waals surface area contributed by atoms with Crippen LogP contribution in [0, 0.1) is 55.4 Å². The first-order valence-electron chi connectivity index (χ1n) is 21.6. The Kier molecular flexibility index (Phi) is 8.59. The van der Waals surface area contributed by atoms with Crippen molar-refractivity contribution in [3.63, 3.8) is 0 Å². The van der Waals surface area contributed by atoms with E-state index in [0.29, 0.717) is 0 Å². The van der Waals surface area contributed by atoms with Gasteiger partial charge in [0.1, 0.15) is 22.3 Å². The molecule has 0 N–H and O–H groups in total. The first-order valence-corrected chi connectivity index (χ1v) is 21.6. The van der Waals surface area contributed by atoms with Crippen LogP contribution in [0.25, 0.3) is 65.4 Å². The van der Waals surface area contributed by atoms with Gasteiger partial charge in [-0.05, 0) is 206 Å². The highest BCUT2D eigenvalue weighted by Gasteiger charge is 2.22. The number of hydrogen-bond donors (Lipinski definition) is 0. The van der Waals surface area contributed by atoms with Gasteiger partial charge >= 0.3 is 0 Å². The van der Waals surface area contributed by atoms with Crippen LogP contribution in [-0.2, 0) is 0 Å². The fourth-order valence-corrected chi connectivity index (χ4v) is 9.51. The van der Waals surface area contributed by atoms with Crippen molar-refractivity contribution in [3.8, 4) is 0 Å². The molecule has 11 aromatic rings. The number of aryl methyl sites for hydroxylation is 4. The molecule has 4 heteroatoms. The first kappa shape index (κ1) is 37.7. The molecular formula is C58H48N2O2. The summed E-state index contributed by atoms with van der Waals surface area (Å²) in [6.45, 7) is 17.6. The van der Waals surface area contributed by atoms with Crippen LogP contribution in [0.3, 0.4) is 0 Å². The van der Waals surface area contributed by atoms with Gasteiger partial charge in [-0.1, -0.05) is 60.7 Å². The molecule has 0 aliphatic heterocycles. The molecule has 11 rings (SSSR count). The quantitative estimate of drug-likeness (QED) is 0.168. The van der Waals surface area contributed by atoms with Crippen molar-refractivity contribution in [2.24, 2.45) is 0 Å². The first-order chi connectivity index (χ1) is 30.0. The van der Waals surface area contributed by atoms with E-state index in [1.165, 1.54) is 67.3 Å². The summed E-state index contributed by atoms with van der Waals surface area (Å²) in [5, 5.41) is 8.84. The molecule has 0 spiro atoms. The zero-order valence-corrected chi connectivity index (χ0v) is 36.6. The van der Waals surface area contributed by atoms with E-state index in [9.17, 15) is 0 Å². The maximum Gasteiger partial charge on any atom is 0.136 e. The Morgan fingerprint density at radius 1 is 0.290 bits per heavy atom. The number of benzene rings is 9. The minimum absolute atomic E-state index is 0.853. The Morgan fingerprint density at radius 2 is 0.597 bits per heavy atom. The summed E-state index contributed by atoms with van der Waals surface area (Å²) in [7, 11) is 0. The highest BCUT2D eigenvalue weighted by Crippen LogP contribution is 2.45. The molecule has 2 heterocycles. The van der Waals surface area contributed by atoms with E-state index < -0.39 is 0 Å². The van der Waals surface area contributed by atoms with Crippen LogP contribution in [0.2, 0.25) is 0 Å². The molecule has 0 saturated heterocycles. The number of rotatable bonds is 6. The molecule has 0 amide bonds. The Labute approximate surface area is 362 Å². The second kappa shape index (κ2) is 14.1. The SMILES string of the molecule is Cc1cccc(N(c2ccc3cc4c(cc3c2)oc2cc3c(cc24)oc2cc4cc(N(c5cccc(C)c5C)c5cccc(C)c5C)ccc4cc23)c2cccc(C)c2C)c1C. The van der Waals surface area contributed by atoms with E-state index in [4.69, 9.17) is 8.83 Å². The van der Waals surface area contributed by atoms with Crippen LogP contribution in [0.4, 0.5) is 34.1 Å². The van der Waals surface area contributed by atoms with Crippen molar-refractivity contribution in [3.05, 3.63) is 190 Å². The molecule has 0 saturated carbocycles. The third-order valence-electron chi connectivity index (χ3n) is 13.7. The third-order valence-corrected chi connectivity index (χ3v) is 13.7. The third kappa shape index (κ3) is 5.89. The summed E-state index contributed by atoms with van der Waals surface area (Å²) >= 11 is 0. The summed E-state index contributed by atoms with van der Waals surface area (Å²) < 4.78 is 13.4. The molecule has 0 bridgehead atoms. The largest absolute Gasteiger partial charge is 0.456 e. The lowest BCUT2D eigenvalue weighted by Crippen LogP contribution is -2.13. The zero-order valence-electron chi connectivity index (χ0n) is 36.6. The monoisotopic (exact) mass is 804 g/mol. The van der Waals surface area contributed by atoms with Gasteiger partial charge in [0.15, 0.2) is 0 Å². The van der Waals surface area contributed by atoms with Gasteiger partial charge in [0.2, 0.25) is 0 Å². The zero-order chi connectivity index (χ0) is 42.6. The molecule has 4 nitrogen and oxygen atoms in total. The predicted octanol–water partition coefficient (Wildman–Crippen LogP) is 17.2. The van der Waals surface area contributed by atoms with Gasteiger partial charge < -0.3 is 18.6 Å². The van der Waals surface area contributed by atoms with Gasteiger partial charge in [-0.15, -0.1) is 0 Å². The Morgan fingerprint density at radius 3 is 0.935 bits per heavy atom. The summed E-state index contributed by atoms with van der Waals surface area (Å²) in [5.74, 6) is 0. The van der Waals surface area contributed by atoms with E-state index in [1.807, 2.05) is 0 Å². The highest BCUT2D eigenvalue weighted by molar-refractivity contribution is 6.18. The van der Waals surface area contributed by atoms with Crippen molar-refractivity contribution in [2.45, 2.75) is 55.4 Å². The van der Waals surface area contributed by atoms with Gasteiger partial charge in [0.25, 0.3) is 0 Å². The number of furan rings is 2. The van der Waals surface area contributed by atoms with Gasteiger partial charge in [-0.25, -0.2) is 0 Å². The van der Waals surface area contributed by atoms with E-state index in [-0.39, 0.29) is 0 Å². The number of nitrogens with zero attached hydrogens (tertiary/aromatic N) is 2. The average molecular weight is 805 g/mol. The van der Waals surface area contributed by atoms with E-state index in [2.05, 4.69) is 211 Å². The molecule has 0 atom stereocenters. The summed E-state index contributed by atoms with van der Waals surface area (Å²) in [6, 6.07) is 53.1. The summed E-state index contributed by atoms with van der Waals surface area (Å²) in [4.78, 5) is 4.81. The van der Waals surface area contributed by atoms with E-state index >= 15 is 0 Å². The number of hydrogen-bond acceptors (Lipinski definition) is 4. The normalized spacial score (nSPS) is 11.9. The van der Waals surface area contributed by atoms with Crippen LogP contribution >= 0.6 is 0 Å². The Bertz CT molecular complexity index is 3300. The maximum absolute atomic E-state index is 6.72. The van der Waals surface area contributed by atoms with E-state index in [1.54, 1.807) is 0 Å². The molecule has 0 unspecified atom stereocenters. The predicted molar refractivity (Wildman–Crippen MR) is 263 cm³/mol. The topological polar surface area (TPSA) is 32.8 Å². The Balaban J connectivity index is 1.02. The van der Waals surface area contributed by atoms with Gasteiger partial charge in [-0.2, -0.15) is 0 Å². The lowest BCUT2D eigenvalue weighted by Gasteiger charge is -2.30. The Hall–Kier alpha value is -7.30. The minimum atomic E-state index is 0.853. The fourth-order valence-electron chi connectivity index (χ4n) is 9.51. The van der Waals surface area contributed by atoms with Crippen molar-refractivity contribution in [1.29, 1.82) is 0 Å². The molecule has 62 heavy (non-hydrogen) atoms. The summed E-state index contributed by atoms with van der Waals surface area (Å²) in [6.07, 6.45) is 0. The fraction of sp³-hybridized carbons (Fsp3) is 0.138. The molecule has 302 valence electrons. The summed E-state index contributed by atoms with van der Waals surface area (Å²) in [5.41, 5.74) is 20.5. The number of fused-ring (bicyclic) bond motifs is 8. The van der Waals surface area contributed by atoms with Gasteiger partial charge in [0, 0.05) is 55.7 Å². The van der Waals surface area contributed by atoms with Crippen molar-refractivity contribution >= 4 is 99.5 Å². The van der Waals surface area contributed by atoms with Crippen LogP contribution in [0.5, 0.6) is 0 Å².